The van der Waals surface area contributed by atoms with Crippen molar-refractivity contribution in [2.45, 2.75) is 25.2 Å². The normalized spacial score (nSPS) is 11.3. The SMILES string of the molecule is CCCOc1c(Cl)cc(C(=O)Nc2cc(S(=O)(=O)N(C)C)ccc2OC)cc1OCC. The van der Waals surface area contributed by atoms with Crippen molar-refractivity contribution >= 4 is 33.2 Å². The number of methoxy groups -OCH3 is 1. The van der Waals surface area contributed by atoms with Crippen molar-refractivity contribution < 1.29 is 27.4 Å². The second kappa shape index (κ2) is 10.7. The average molecular weight is 471 g/mol. The van der Waals surface area contributed by atoms with Crippen LogP contribution < -0.4 is 19.5 Å². The average Bonchev–Trinajstić information content (AvgIpc) is 2.73. The highest BCUT2D eigenvalue weighted by atomic mass is 35.5. The maximum Gasteiger partial charge on any atom is 0.255 e. The second-order valence-electron chi connectivity index (χ2n) is 6.67. The van der Waals surface area contributed by atoms with E-state index in [1.165, 1.54) is 51.5 Å². The largest absolute Gasteiger partial charge is 0.495 e. The summed E-state index contributed by atoms with van der Waals surface area (Å²) >= 11 is 6.34. The van der Waals surface area contributed by atoms with E-state index in [4.69, 9.17) is 25.8 Å². The number of hydrogen-bond acceptors (Lipinski definition) is 6. The number of ether oxygens (including phenoxy) is 3. The highest BCUT2D eigenvalue weighted by Crippen LogP contribution is 2.37. The van der Waals surface area contributed by atoms with Gasteiger partial charge in [-0.15, -0.1) is 0 Å². The zero-order valence-corrected chi connectivity index (χ0v) is 19.8. The molecule has 0 aliphatic heterocycles. The lowest BCUT2D eigenvalue weighted by Crippen LogP contribution is -2.22. The van der Waals surface area contributed by atoms with Gasteiger partial charge in [0.1, 0.15) is 5.75 Å². The standard InChI is InChI=1S/C21H27ClN2O6S/c1-6-10-30-20-16(22)11-14(12-19(20)29-7-2)21(25)23-17-13-15(8-9-18(17)28-5)31(26,27)24(3)4/h8-9,11-13H,6-7,10H2,1-5H3,(H,23,25). The molecule has 0 heterocycles. The van der Waals surface area contributed by atoms with Gasteiger partial charge in [0, 0.05) is 19.7 Å². The van der Waals surface area contributed by atoms with E-state index in [2.05, 4.69) is 5.32 Å². The molecule has 31 heavy (non-hydrogen) atoms. The Bertz CT molecular complexity index is 1040. The molecule has 1 amide bonds. The fraction of sp³-hybridized carbons (Fsp3) is 0.381. The van der Waals surface area contributed by atoms with Crippen LogP contribution in [0.25, 0.3) is 0 Å². The molecule has 0 aliphatic rings. The monoisotopic (exact) mass is 470 g/mol. The summed E-state index contributed by atoms with van der Waals surface area (Å²) in [6, 6.07) is 7.23. The van der Waals surface area contributed by atoms with Gasteiger partial charge in [0.2, 0.25) is 10.0 Å². The lowest BCUT2D eigenvalue weighted by molar-refractivity contribution is 0.102. The summed E-state index contributed by atoms with van der Waals surface area (Å²) in [6.45, 7) is 4.59. The first-order valence-corrected chi connectivity index (χ1v) is 11.5. The molecule has 0 bridgehead atoms. The van der Waals surface area contributed by atoms with Crippen LogP contribution in [0.3, 0.4) is 0 Å². The van der Waals surface area contributed by atoms with Gasteiger partial charge in [-0.2, -0.15) is 0 Å². The van der Waals surface area contributed by atoms with Crippen LogP contribution in [0, 0.1) is 0 Å². The van der Waals surface area contributed by atoms with Gasteiger partial charge in [-0.3, -0.25) is 4.79 Å². The van der Waals surface area contributed by atoms with Crippen LogP contribution in [0.2, 0.25) is 5.02 Å². The Hall–Kier alpha value is -2.49. The molecule has 0 fully saturated rings. The molecule has 0 spiro atoms. The zero-order chi connectivity index (χ0) is 23.2. The Labute approximate surface area is 188 Å². The third kappa shape index (κ3) is 5.81. The number of amides is 1. The van der Waals surface area contributed by atoms with Crippen LogP contribution in [-0.2, 0) is 10.0 Å². The number of benzene rings is 2. The number of nitrogens with one attached hydrogen (secondary N) is 1. The number of hydrogen-bond donors (Lipinski definition) is 1. The Kier molecular flexibility index (Phi) is 8.55. The molecule has 0 radical (unpaired) electrons. The van der Waals surface area contributed by atoms with E-state index in [-0.39, 0.29) is 21.2 Å². The van der Waals surface area contributed by atoms with Crippen molar-refractivity contribution in [2.24, 2.45) is 0 Å². The van der Waals surface area contributed by atoms with Gasteiger partial charge in [0.25, 0.3) is 5.91 Å². The molecule has 0 saturated carbocycles. The molecule has 2 aromatic rings. The fourth-order valence-electron chi connectivity index (χ4n) is 2.66. The molecule has 170 valence electrons. The van der Waals surface area contributed by atoms with Crippen molar-refractivity contribution in [1.29, 1.82) is 0 Å². The van der Waals surface area contributed by atoms with E-state index >= 15 is 0 Å². The van der Waals surface area contributed by atoms with Gasteiger partial charge in [0.15, 0.2) is 11.5 Å². The minimum absolute atomic E-state index is 0.0185. The Morgan fingerprint density at radius 1 is 1.10 bits per heavy atom. The first kappa shape index (κ1) is 24.8. The zero-order valence-electron chi connectivity index (χ0n) is 18.2. The van der Waals surface area contributed by atoms with Crippen molar-refractivity contribution in [3.8, 4) is 17.2 Å². The lowest BCUT2D eigenvalue weighted by Gasteiger charge is -2.17. The molecule has 1 N–H and O–H groups in total. The first-order chi connectivity index (χ1) is 14.6. The van der Waals surface area contributed by atoms with E-state index in [1.54, 1.807) is 0 Å². The third-order valence-corrected chi connectivity index (χ3v) is 6.31. The Balaban J connectivity index is 2.42. The van der Waals surface area contributed by atoms with Crippen molar-refractivity contribution in [1.82, 2.24) is 4.31 Å². The van der Waals surface area contributed by atoms with Crippen LogP contribution in [-0.4, -0.2) is 53.0 Å². The molecule has 0 unspecified atom stereocenters. The lowest BCUT2D eigenvalue weighted by atomic mass is 10.1. The second-order valence-corrected chi connectivity index (χ2v) is 9.23. The van der Waals surface area contributed by atoms with Crippen LogP contribution in [0.1, 0.15) is 30.6 Å². The summed E-state index contributed by atoms with van der Waals surface area (Å²) in [5.74, 6) is 0.524. The molecule has 0 aromatic heterocycles. The quantitative estimate of drug-likeness (QED) is 0.563. The summed E-state index contributed by atoms with van der Waals surface area (Å²) in [5.41, 5.74) is 0.427. The highest BCUT2D eigenvalue weighted by molar-refractivity contribution is 7.89. The number of anilines is 1. The molecule has 2 rings (SSSR count). The van der Waals surface area contributed by atoms with Crippen molar-refractivity contribution in [3.63, 3.8) is 0 Å². The van der Waals surface area contributed by atoms with E-state index in [0.29, 0.717) is 30.5 Å². The minimum Gasteiger partial charge on any atom is -0.495 e. The number of sulfonamides is 1. The van der Waals surface area contributed by atoms with Crippen LogP contribution in [0.5, 0.6) is 17.2 Å². The minimum atomic E-state index is -3.69. The highest BCUT2D eigenvalue weighted by Gasteiger charge is 2.21. The molecular formula is C21H27ClN2O6S. The maximum absolute atomic E-state index is 12.9. The first-order valence-electron chi connectivity index (χ1n) is 9.66. The third-order valence-electron chi connectivity index (χ3n) is 4.22. The van der Waals surface area contributed by atoms with Gasteiger partial charge in [-0.1, -0.05) is 18.5 Å². The molecule has 0 aliphatic carbocycles. The van der Waals surface area contributed by atoms with Crippen molar-refractivity contribution in [3.05, 3.63) is 40.9 Å². The van der Waals surface area contributed by atoms with Crippen LogP contribution in [0.4, 0.5) is 5.69 Å². The van der Waals surface area contributed by atoms with E-state index in [1.807, 2.05) is 13.8 Å². The van der Waals surface area contributed by atoms with Crippen molar-refractivity contribution in [2.75, 3.05) is 39.7 Å². The number of carbonyl (C=O) groups excluding carboxylic acids is 1. The molecule has 10 heteroatoms. The van der Waals surface area contributed by atoms with Gasteiger partial charge >= 0.3 is 0 Å². The van der Waals surface area contributed by atoms with Crippen LogP contribution in [0.15, 0.2) is 35.2 Å². The Morgan fingerprint density at radius 3 is 2.39 bits per heavy atom. The number of carbonyl (C=O) groups is 1. The van der Waals surface area contributed by atoms with Gasteiger partial charge in [-0.05, 0) is 43.7 Å². The molecule has 0 saturated heterocycles. The summed E-state index contributed by atoms with van der Waals surface area (Å²) in [5, 5.41) is 2.92. The summed E-state index contributed by atoms with van der Waals surface area (Å²) < 4.78 is 42.5. The topological polar surface area (TPSA) is 94.2 Å². The predicted octanol–water partition coefficient (Wildman–Crippen LogP) is 4.04. The molecule has 0 atom stereocenters. The van der Waals surface area contributed by atoms with Gasteiger partial charge in [-0.25, -0.2) is 12.7 Å². The summed E-state index contributed by atoms with van der Waals surface area (Å²) in [7, 11) is 0.590. The van der Waals surface area contributed by atoms with E-state index in [0.717, 1.165) is 10.7 Å². The summed E-state index contributed by atoms with van der Waals surface area (Å²) in [4.78, 5) is 12.9. The van der Waals surface area contributed by atoms with E-state index < -0.39 is 15.9 Å². The van der Waals surface area contributed by atoms with Gasteiger partial charge in [0.05, 0.1) is 35.9 Å². The summed E-state index contributed by atoms with van der Waals surface area (Å²) in [6.07, 6.45) is 0.788. The predicted molar refractivity (Wildman–Crippen MR) is 120 cm³/mol. The molecule has 2 aromatic carbocycles. The maximum atomic E-state index is 12.9. The number of nitrogens with zero attached hydrogens (tertiary/aromatic N) is 1. The van der Waals surface area contributed by atoms with Gasteiger partial charge < -0.3 is 19.5 Å². The fourth-order valence-corrected chi connectivity index (χ4v) is 3.85. The molecule has 8 nitrogen and oxygen atoms in total. The Morgan fingerprint density at radius 2 is 1.81 bits per heavy atom. The number of halogens is 1. The smallest absolute Gasteiger partial charge is 0.255 e. The number of rotatable bonds is 10. The van der Waals surface area contributed by atoms with E-state index in [9.17, 15) is 13.2 Å². The molecular weight excluding hydrogens is 444 g/mol. The van der Waals surface area contributed by atoms with Crippen LogP contribution >= 0.6 is 11.6 Å².